The fourth-order valence-electron chi connectivity index (χ4n) is 6.39. The Balaban J connectivity index is 1.59. The smallest absolute Gasteiger partial charge is 0.131 e. The lowest BCUT2D eigenvalue weighted by atomic mass is 9.48. The highest BCUT2D eigenvalue weighted by Gasteiger charge is 2.63. The van der Waals surface area contributed by atoms with E-state index in [4.69, 9.17) is 0 Å². The van der Waals surface area contributed by atoms with E-state index in [0.717, 1.165) is 42.8 Å². The number of aromatic nitrogens is 1. The minimum absolute atomic E-state index is 0.102. The van der Waals surface area contributed by atoms with E-state index < -0.39 is 17.7 Å². The van der Waals surface area contributed by atoms with Gasteiger partial charge in [0.05, 0.1) is 6.04 Å². The Morgan fingerprint density at radius 1 is 1.10 bits per heavy atom. The van der Waals surface area contributed by atoms with Gasteiger partial charge in [0, 0.05) is 33.7 Å². The second-order valence-electron chi connectivity index (χ2n) is 9.53. The summed E-state index contributed by atoms with van der Waals surface area (Å²) in [7, 11) is 0. The number of benzene rings is 2. The average molecular weight is 405 g/mol. The first-order valence-corrected chi connectivity index (χ1v) is 11.0. The van der Waals surface area contributed by atoms with Crippen LogP contribution in [0.4, 0.5) is 8.78 Å². The largest absolute Gasteiger partial charge is 0.357 e. The van der Waals surface area contributed by atoms with Crippen molar-refractivity contribution in [2.45, 2.75) is 57.2 Å². The maximum Gasteiger partial charge on any atom is 0.131 e. The highest BCUT2D eigenvalue weighted by molar-refractivity contribution is 5.85. The van der Waals surface area contributed by atoms with E-state index in [9.17, 15) is 0 Å². The number of para-hydroxylation sites is 1. The van der Waals surface area contributed by atoms with E-state index in [-0.39, 0.29) is 17.1 Å². The lowest BCUT2D eigenvalue weighted by Gasteiger charge is -2.70. The van der Waals surface area contributed by atoms with Crippen LogP contribution in [0.15, 0.2) is 42.5 Å². The van der Waals surface area contributed by atoms with Crippen molar-refractivity contribution in [3.8, 4) is 0 Å². The molecule has 1 N–H and O–H groups in total. The van der Waals surface area contributed by atoms with Crippen molar-refractivity contribution in [1.82, 2.24) is 9.88 Å². The molecule has 3 aromatic rings. The predicted molar refractivity (Wildman–Crippen MR) is 116 cm³/mol. The number of nitrogens with one attached hydrogen (secondary N) is 1. The first-order chi connectivity index (χ1) is 14.5. The molecule has 2 nitrogen and oxygen atoms in total. The highest BCUT2D eigenvalue weighted by atomic mass is 19.1. The van der Waals surface area contributed by atoms with Gasteiger partial charge in [-0.25, -0.2) is 8.78 Å². The molecule has 4 aliphatic rings. The molecule has 2 heterocycles. The number of fused-ring (bicyclic) bond motifs is 3. The molecule has 154 valence electrons. The lowest BCUT2D eigenvalue weighted by molar-refractivity contribution is -0.174. The molecule has 2 aromatic carbocycles. The van der Waals surface area contributed by atoms with Gasteiger partial charge in [-0.05, 0) is 74.8 Å². The van der Waals surface area contributed by atoms with Crippen molar-refractivity contribution in [3.63, 3.8) is 0 Å². The summed E-state index contributed by atoms with van der Waals surface area (Å²) in [5.74, 6) is -0.111. The predicted octanol–water partition coefficient (Wildman–Crippen LogP) is 6.37. The van der Waals surface area contributed by atoms with Crippen LogP contribution >= 0.6 is 0 Å². The molecule has 0 unspecified atom stereocenters. The molecule has 7 rings (SSSR count). The fraction of sp³-hybridized carbons (Fsp3) is 0.385. The standard InChI is InChI=1S/C26H26F2N2/c1-3-6-16-10-20(27)23(21(28)11-16)25-24-19(18-7-4-5-8-22(18)29-24)9-15(2)30(25)26-12-17(13-26)14-26/h3-8,10-11,15,17,25,29H,9,12-14H2,1-2H3/b6-3+/t15-,17?,25-,26?/m1/s1. The molecule has 2 bridgehead atoms. The molecule has 0 radical (unpaired) electrons. The summed E-state index contributed by atoms with van der Waals surface area (Å²) in [6, 6.07) is 11.0. The Morgan fingerprint density at radius 3 is 2.43 bits per heavy atom. The molecule has 1 aromatic heterocycles. The summed E-state index contributed by atoms with van der Waals surface area (Å²) in [6.45, 7) is 4.08. The van der Waals surface area contributed by atoms with Crippen molar-refractivity contribution in [1.29, 1.82) is 0 Å². The van der Waals surface area contributed by atoms with Crippen LogP contribution in [0.2, 0.25) is 0 Å². The molecule has 3 fully saturated rings. The Kier molecular flexibility index (Phi) is 3.83. The van der Waals surface area contributed by atoms with Gasteiger partial charge in [-0.15, -0.1) is 0 Å². The van der Waals surface area contributed by atoms with Gasteiger partial charge in [0.25, 0.3) is 0 Å². The van der Waals surface area contributed by atoms with E-state index in [1.165, 1.54) is 23.1 Å². The molecule has 3 saturated carbocycles. The molecule has 2 atom stereocenters. The van der Waals surface area contributed by atoms with Crippen molar-refractivity contribution in [3.05, 3.63) is 76.5 Å². The number of hydrogen-bond donors (Lipinski definition) is 1. The summed E-state index contributed by atoms with van der Waals surface area (Å²) in [6.07, 6.45) is 7.92. The second kappa shape index (κ2) is 6.27. The topological polar surface area (TPSA) is 19.0 Å². The van der Waals surface area contributed by atoms with Crippen molar-refractivity contribution in [2.75, 3.05) is 0 Å². The third kappa shape index (κ3) is 2.37. The normalized spacial score (nSPS) is 30.3. The summed E-state index contributed by atoms with van der Waals surface area (Å²) in [5.41, 5.74) is 4.08. The van der Waals surface area contributed by atoms with Gasteiger partial charge in [0.2, 0.25) is 0 Å². The lowest BCUT2D eigenvalue weighted by Crippen LogP contribution is -2.71. The molecular formula is C26H26F2N2. The maximum atomic E-state index is 15.5. The van der Waals surface area contributed by atoms with Gasteiger partial charge in [-0.1, -0.05) is 30.4 Å². The van der Waals surface area contributed by atoms with Crippen molar-refractivity contribution < 1.29 is 8.78 Å². The van der Waals surface area contributed by atoms with Crippen LogP contribution in [0.1, 0.15) is 61.5 Å². The van der Waals surface area contributed by atoms with Crippen LogP contribution < -0.4 is 0 Å². The number of halogens is 2. The zero-order valence-electron chi connectivity index (χ0n) is 17.4. The quantitative estimate of drug-likeness (QED) is 0.538. The zero-order chi connectivity index (χ0) is 20.6. The van der Waals surface area contributed by atoms with E-state index in [0.29, 0.717) is 5.56 Å². The Morgan fingerprint density at radius 2 is 1.80 bits per heavy atom. The summed E-state index contributed by atoms with van der Waals surface area (Å²) in [5, 5.41) is 1.17. The summed E-state index contributed by atoms with van der Waals surface area (Å²) < 4.78 is 31.0. The first-order valence-electron chi connectivity index (χ1n) is 11.0. The van der Waals surface area contributed by atoms with Gasteiger partial charge in [-0.3, -0.25) is 4.90 Å². The van der Waals surface area contributed by atoms with E-state index in [1.54, 1.807) is 12.2 Å². The zero-order valence-corrected chi connectivity index (χ0v) is 17.4. The van der Waals surface area contributed by atoms with Crippen LogP contribution in [0.25, 0.3) is 17.0 Å². The molecule has 4 heteroatoms. The summed E-state index contributed by atoms with van der Waals surface area (Å²) in [4.78, 5) is 6.00. The number of nitrogens with zero attached hydrogens (tertiary/aromatic N) is 1. The van der Waals surface area contributed by atoms with Crippen LogP contribution in [-0.4, -0.2) is 21.5 Å². The molecule has 1 aliphatic heterocycles. The molecular weight excluding hydrogens is 378 g/mol. The van der Waals surface area contributed by atoms with Crippen LogP contribution in [-0.2, 0) is 6.42 Å². The monoisotopic (exact) mass is 404 g/mol. The van der Waals surface area contributed by atoms with Crippen LogP contribution in [0.5, 0.6) is 0 Å². The first kappa shape index (κ1) is 18.3. The molecule has 0 spiro atoms. The number of hydrogen-bond acceptors (Lipinski definition) is 1. The van der Waals surface area contributed by atoms with Gasteiger partial charge < -0.3 is 4.98 Å². The number of H-pyrrole nitrogens is 1. The van der Waals surface area contributed by atoms with E-state index in [2.05, 4.69) is 28.9 Å². The molecule has 0 amide bonds. The fourth-order valence-corrected chi connectivity index (χ4v) is 6.39. The second-order valence-corrected chi connectivity index (χ2v) is 9.53. The molecule has 0 saturated heterocycles. The van der Waals surface area contributed by atoms with Crippen molar-refractivity contribution >= 4 is 17.0 Å². The van der Waals surface area contributed by atoms with Crippen molar-refractivity contribution in [2.24, 2.45) is 5.92 Å². The van der Waals surface area contributed by atoms with Gasteiger partial charge >= 0.3 is 0 Å². The average Bonchev–Trinajstić information content (AvgIpc) is 2.99. The third-order valence-corrected chi connectivity index (χ3v) is 7.66. The summed E-state index contributed by atoms with van der Waals surface area (Å²) >= 11 is 0. The minimum Gasteiger partial charge on any atom is -0.357 e. The number of aromatic amines is 1. The van der Waals surface area contributed by atoms with Gasteiger partial charge in [0.1, 0.15) is 11.6 Å². The Hall–Kier alpha value is -2.46. The van der Waals surface area contributed by atoms with Crippen LogP contribution in [0.3, 0.4) is 0 Å². The maximum absolute atomic E-state index is 15.5. The van der Waals surface area contributed by atoms with Crippen LogP contribution in [0, 0.1) is 17.6 Å². The van der Waals surface area contributed by atoms with Gasteiger partial charge in [-0.2, -0.15) is 0 Å². The number of allylic oxidation sites excluding steroid dienone is 1. The number of rotatable bonds is 3. The Bertz CT molecular complexity index is 1150. The highest BCUT2D eigenvalue weighted by Crippen LogP contribution is 2.64. The van der Waals surface area contributed by atoms with E-state index >= 15 is 8.78 Å². The Labute approximate surface area is 175 Å². The third-order valence-electron chi connectivity index (χ3n) is 7.66. The molecule has 30 heavy (non-hydrogen) atoms. The molecule has 3 aliphatic carbocycles. The minimum atomic E-state index is -0.455. The SMILES string of the molecule is C/C=C/c1cc(F)c([C@@H]2c3[nH]c4ccccc4c3C[C@@H](C)N2C23CC(C2)C3)c(F)c1. The van der Waals surface area contributed by atoms with E-state index in [1.807, 2.05) is 19.1 Å². The van der Waals surface area contributed by atoms with Gasteiger partial charge in [0.15, 0.2) is 0 Å².